The van der Waals surface area contributed by atoms with Gasteiger partial charge in [-0.05, 0) is 68.7 Å². The zero-order valence-electron chi connectivity index (χ0n) is 19.0. The maximum absolute atomic E-state index is 13.5. The van der Waals surface area contributed by atoms with Gasteiger partial charge in [0.2, 0.25) is 0 Å². The highest BCUT2D eigenvalue weighted by Crippen LogP contribution is 2.32. The van der Waals surface area contributed by atoms with E-state index in [1.54, 1.807) is 48.3 Å². The Kier molecular flexibility index (Phi) is 8.43. The number of likely N-dealkylation sites (N-methyl/N-ethyl adjacent to an activating group) is 2. The molecule has 0 aliphatic carbocycles. The second-order valence-electron chi connectivity index (χ2n) is 7.79. The van der Waals surface area contributed by atoms with Crippen LogP contribution >= 0.6 is 23.2 Å². The van der Waals surface area contributed by atoms with Crippen LogP contribution in [0, 0.1) is 0 Å². The molecular weight excluding hydrogens is 497 g/mol. The second kappa shape index (κ2) is 11.1. The van der Waals surface area contributed by atoms with Gasteiger partial charge in [-0.3, -0.25) is 4.79 Å². The summed E-state index contributed by atoms with van der Waals surface area (Å²) < 4.78 is 27.9. The van der Waals surface area contributed by atoms with E-state index in [4.69, 9.17) is 28.0 Å². The lowest BCUT2D eigenvalue weighted by Gasteiger charge is -2.24. The summed E-state index contributed by atoms with van der Waals surface area (Å²) in [4.78, 5) is 21.9. The minimum atomic E-state index is -4.18. The Morgan fingerprint density at radius 3 is 2.12 bits per heavy atom. The van der Waals surface area contributed by atoms with Gasteiger partial charge in [-0.15, -0.1) is 0 Å². The van der Waals surface area contributed by atoms with Crippen molar-refractivity contribution in [2.45, 2.75) is 4.90 Å². The minimum absolute atomic E-state index is 0.0473. The van der Waals surface area contributed by atoms with Crippen LogP contribution < -0.4 is 9.31 Å². The van der Waals surface area contributed by atoms with E-state index in [0.29, 0.717) is 23.7 Å². The summed E-state index contributed by atoms with van der Waals surface area (Å²) in [5, 5.41) is 0.549. The highest BCUT2D eigenvalue weighted by atomic mass is 35.5. The molecule has 3 rings (SSSR count). The Morgan fingerprint density at radius 2 is 1.53 bits per heavy atom. The summed E-state index contributed by atoms with van der Waals surface area (Å²) in [7, 11) is 1.38. The maximum Gasteiger partial charge on any atom is 0.295 e. The number of hydrogen-bond donors (Lipinski definition) is 0. The summed E-state index contributed by atoms with van der Waals surface area (Å²) in [5.74, 6) is -0.0808. The number of sulfonamides is 1. The quantitative estimate of drug-likeness (QED) is 0.377. The molecule has 0 fully saturated rings. The van der Waals surface area contributed by atoms with Gasteiger partial charge in [0.25, 0.3) is 15.9 Å². The fraction of sp³-hybridized carbons (Fsp3) is 0.208. The molecule has 3 aromatic rings. The molecule has 0 unspecified atom stereocenters. The van der Waals surface area contributed by atoms with Crippen molar-refractivity contribution < 1.29 is 18.0 Å². The average Bonchev–Trinajstić information content (AvgIpc) is 2.82. The van der Waals surface area contributed by atoms with Gasteiger partial charge in [0.15, 0.2) is 5.75 Å². The van der Waals surface area contributed by atoms with E-state index in [1.165, 1.54) is 36.4 Å². The molecule has 0 bridgehead atoms. The van der Waals surface area contributed by atoms with Crippen molar-refractivity contribution in [3.63, 3.8) is 0 Å². The largest absolute Gasteiger partial charge is 0.363 e. The number of anilines is 1. The van der Waals surface area contributed by atoms with E-state index in [1.807, 2.05) is 19.0 Å². The van der Waals surface area contributed by atoms with E-state index in [9.17, 15) is 13.2 Å². The first kappa shape index (κ1) is 25.8. The Labute approximate surface area is 210 Å². The third kappa shape index (κ3) is 6.21. The molecule has 0 heterocycles. The Balaban J connectivity index is 1.91. The van der Waals surface area contributed by atoms with Crippen LogP contribution in [0.1, 0.15) is 10.4 Å². The first-order valence-corrected chi connectivity index (χ1v) is 12.5. The van der Waals surface area contributed by atoms with Gasteiger partial charge in [0.1, 0.15) is 0 Å². The van der Waals surface area contributed by atoms with Gasteiger partial charge in [0, 0.05) is 30.7 Å². The zero-order valence-corrected chi connectivity index (χ0v) is 21.3. The third-order valence-electron chi connectivity index (χ3n) is 4.89. The number of hydrogen-bond acceptors (Lipinski definition) is 5. The van der Waals surface area contributed by atoms with Crippen molar-refractivity contribution in [1.29, 1.82) is 0 Å². The molecule has 0 aliphatic rings. The molecular formula is C24H25Cl2N3O4S. The van der Waals surface area contributed by atoms with Crippen LogP contribution in [-0.4, -0.2) is 58.4 Å². The molecule has 0 saturated heterocycles. The van der Waals surface area contributed by atoms with E-state index in [0.717, 1.165) is 4.47 Å². The number of benzene rings is 3. The van der Waals surface area contributed by atoms with Crippen molar-refractivity contribution in [3.05, 3.63) is 88.4 Å². The molecule has 0 aliphatic heterocycles. The van der Waals surface area contributed by atoms with Crippen LogP contribution in [-0.2, 0) is 10.0 Å². The summed E-state index contributed by atoms with van der Waals surface area (Å²) in [6, 6.07) is 18.6. The number of rotatable bonds is 9. The predicted octanol–water partition coefficient (Wildman–Crippen LogP) is 4.82. The summed E-state index contributed by atoms with van der Waals surface area (Å²) in [6.45, 7) is 1.26. The van der Waals surface area contributed by atoms with Gasteiger partial charge in [-0.2, -0.15) is 8.42 Å². The first-order valence-electron chi connectivity index (χ1n) is 10.3. The topological polar surface area (TPSA) is 70.2 Å². The van der Waals surface area contributed by atoms with E-state index in [-0.39, 0.29) is 27.3 Å². The van der Waals surface area contributed by atoms with Crippen LogP contribution in [0.15, 0.2) is 77.7 Å². The first-order chi connectivity index (χ1) is 16.1. The molecule has 0 spiro atoms. The Bertz CT molecular complexity index is 1240. The number of carbonyl (C=O) groups is 1. The highest BCUT2D eigenvalue weighted by Gasteiger charge is 2.28. The van der Waals surface area contributed by atoms with Gasteiger partial charge >= 0.3 is 0 Å². The van der Waals surface area contributed by atoms with E-state index >= 15 is 0 Å². The van der Waals surface area contributed by atoms with Crippen molar-refractivity contribution in [2.75, 3.05) is 38.7 Å². The maximum atomic E-state index is 13.5. The van der Waals surface area contributed by atoms with Crippen LogP contribution in [0.2, 0.25) is 10.0 Å². The van der Waals surface area contributed by atoms with E-state index < -0.39 is 10.0 Å². The molecule has 1 amide bonds. The van der Waals surface area contributed by atoms with Crippen LogP contribution in [0.4, 0.5) is 5.69 Å². The van der Waals surface area contributed by atoms with Crippen LogP contribution in [0.3, 0.4) is 0 Å². The molecule has 0 saturated carbocycles. The predicted molar refractivity (Wildman–Crippen MR) is 135 cm³/mol. The van der Waals surface area contributed by atoms with Crippen molar-refractivity contribution in [2.24, 2.45) is 0 Å². The van der Waals surface area contributed by atoms with Gasteiger partial charge in [0.05, 0.1) is 15.6 Å². The van der Waals surface area contributed by atoms with Gasteiger partial charge < -0.3 is 14.6 Å². The monoisotopic (exact) mass is 521 g/mol. The molecule has 0 aromatic heterocycles. The molecule has 10 heteroatoms. The normalized spacial score (nSPS) is 11.4. The molecule has 0 radical (unpaired) electrons. The molecule has 0 atom stereocenters. The Morgan fingerprint density at radius 1 is 0.882 bits per heavy atom. The molecule has 3 aromatic carbocycles. The van der Waals surface area contributed by atoms with Crippen molar-refractivity contribution >= 4 is 44.8 Å². The third-order valence-corrected chi connectivity index (χ3v) is 7.01. The van der Waals surface area contributed by atoms with Crippen molar-refractivity contribution in [3.8, 4) is 5.75 Å². The fourth-order valence-corrected chi connectivity index (χ4v) is 4.66. The van der Waals surface area contributed by atoms with Gasteiger partial charge in [-0.25, -0.2) is 0 Å². The molecule has 7 nitrogen and oxygen atoms in total. The smallest absolute Gasteiger partial charge is 0.295 e. The van der Waals surface area contributed by atoms with Gasteiger partial charge in [-0.1, -0.05) is 45.9 Å². The average molecular weight is 522 g/mol. The molecule has 180 valence electrons. The fourth-order valence-electron chi connectivity index (χ4n) is 2.97. The molecule has 34 heavy (non-hydrogen) atoms. The zero-order chi connectivity index (χ0) is 24.9. The highest BCUT2D eigenvalue weighted by molar-refractivity contribution is 7.92. The number of amides is 1. The van der Waals surface area contributed by atoms with E-state index in [2.05, 4.69) is 0 Å². The van der Waals surface area contributed by atoms with Crippen LogP contribution in [0.5, 0.6) is 5.75 Å². The second-order valence-corrected chi connectivity index (χ2v) is 10.4. The Hall–Kier alpha value is -2.78. The number of para-hydroxylation sites is 1. The standard InChI is InChI=1S/C24H25Cl2N3O4S/c1-27(2)15-16-28(3)24(30)18-9-12-21(13-10-18)34(31,32)29(20-7-5-4-6-8-20)33-23-14-11-19(25)17-22(23)26/h4-14,17H,15-16H2,1-3H3. The number of halogens is 2. The summed E-state index contributed by atoms with van der Waals surface area (Å²) >= 11 is 12.2. The minimum Gasteiger partial charge on any atom is -0.363 e. The lowest BCUT2D eigenvalue weighted by molar-refractivity contribution is 0.0786. The lowest BCUT2D eigenvalue weighted by atomic mass is 10.2. The molecule has 0 N–H and O–H groups in total. The summed E-state index contributed by atoms with van der Waals surface area (Å²) in [5.41, 5.74) is 0.658. The SMILES string of the molecule is CN(C)CCN(C)C(=O)c1ccc(S(=O)(=O)N(Oc2ccc(Cl)cc2Cl)c2ccccc2)cc1. The lowest BCUT2D eigenvalue weighted by Crippen LogP contribution is -2.35. The van der Waals surface area contributed by atoms with Crippen molar-refractivity contribution in [1.82, 2.24) is 9.80 Å². The number of nitrogens with zero attached hydrogens (tertiary/aromatic N) is 3. The summed E-state index contributed by atoms with van der Waals surface area (Å²) in [6.07, 6.45) is 0. The number of carbonyl (C=O) groups excluding carboxylic acids is 1. The van der Waals surface area contributed by atoms with Crippen LogP contribution in [0.25, 0.3) is 0 Å².